The summed E-state index contributed by atoms with van der Waals surface area (Å²) in [6, 6.07) is 7.61. The van der Waals surface area contributed by atoms with Crippen molar-refractivity contribution in [3.05, 3.63) is 52.3 Å². The number of aryl methyl sites for hydroxylation is 2. The lowest BCUT2D eigenvalue weighted by atomic mass is 9.99. The van der Waals surface area contributed by atoms with Gasteiger partial charge < -0.3 is 0 Å². The lowest BCUT2D eigenvalue weighted by Crippen LogP contribution is -2.29. The molecule has 1 aromatic carbocycles. The Balaban J connectivity index is 2.41. The fourth-order valence-corrected chi connectivity index (χ4v) is 2.22. The van der Waals surface area contributed by atoms with E-state index in [-0.39, 0.29) is 6.04 Å². The van der Waals surface area contributed by atoms with Gasteiger partial charge in [-0.3, -0.25) is 10.5 Å². The van der Waals surface area contributed by atoms with E-state index < -0.39 is 0 Å². The van der Waals surface area contributed by atoms with Crippen molar-refractivity contribution >= 4 is 11.6 Å². The molecule has 18 heavy (non-hydrogen) atoms. The normalized spacial score (nSPS) is 12.7. The van der Waals surface area contributed by atoms with Crippen LogP contribution in [-0.4, -0.2) is 9.78 Å². The molecule has 0 aliphatic rings. The summed E-state index contributed by atoms with van der Waals surface area (Å²) in [4.78, 5) is 0. The zero-order valence-electron chi connectivity index (χ0n) is 10.5. The number of hydrogen-bond donors (Lipinski definition) is 2. The van der Waals surface area contributed by atoms with Crippen LogP contribution in [0, 0.1) is 0 Å². The van der Waals surface area contributed by atoms with Crippen LogP contribution in [0.25, 0.3) is 0 Å². The molecule has 0 amide bonds. The van der Waals surface area contributed by atoms with Crippen molar-refractivity contribution in [1.82, 2.24) is 15.2 Å². The first-order valence-electron chi connectivity index (χ1n) is 5.89. The number of benzene rings is 1. The molecule has 1 unspecified atom stereocenters. The van der Waals surface area contributed by atoms with Crippen LogP contribution in [0.1, 0.15) is 29.8 Å². The average Bonchev–Trinajstić information content (AvgIpc) is 2.74. The average molecular weight is 265 g/mol. The van der Waals surface area contributed by atoms with Gasteiger partial charge in [0.15, 0.2) is 0 Å². The second-order valence-corrected chi connectivity index (χ2v) is 4.65. The molecule has 0 aliphatic heterocycles. The molecule has 96 valence electrons. The van der Waals surface area contributed by atoms with E-state index in [1.54, 1.807) is 0 Å². The van der Waals surface area contributed by atoms with Gasteiger partial charge in [-0.05, 0) is 24.1 Å². The minimum Gasteiger partial charge on any atom is -0.275 e. The standard InChI is InChI=1S/C13H17ClN4/c1-3-12-11(8-18(2)17-12)13(16-15)9-4-6-10(14)7-5-9/h4-8,13,16H,3,15H2,1-2H3. The molecule has 0 bridgehead atoms. The molecular weight excluding hydrogens is 248 g/mol. The summed E-state index contributed by atoms with van der Waals surface area (Å²) in [7, 11) is 1.91. The Bertz CT molecular complexity index is 518. The molecule has 4 nitrogen and oxygen atoms in total. The van der Waals surface area contributed by atoms with Crippen LogP contribution in [0.2, 0.25) is 5.02 Å². The Labute approximate surface area is 112 Å². The molecule has 0 aliphatic carbocycles. The highest BCUT2D eigenvalue weighted by Crippen LogP contribution is 2.25. The lowest BCUT2D eigenvalue weighted by molar-refractivity contribution is 0.631. The molecule has 2 aromatic rings. The summed E-state index contributed by atoms with van der Waals surface area (Å²) in [5, 5.41) is 5.15. The van der Waals surface area contributed by atoms with E-state index >= 15 is 0 Å². The minimum atomic E-state index is -0.0640. The maximum Gasteiger partial charge on any atom is 0.0743 e. The van der Waals surface area contributed by atoms with Gasteiger partial charge >= 0.3 is 0 Å². The molecule has 0 radical (unpaired) electrons. The summed E-state index contributed by atoms with van der Waals surface area (Å²) >= 11 is 5.90. The zero-order chi connectivity index (χ0) is 13.1. The van der Waals surface area contributed by atoms with Crippen molar-refractivity contribution < 1.29 is 0 Å². The van der Waals surface area contributed by atoms with Crippen LogP contribution in [0.15, 0.2) is 30.5 Å². The SMILES string of the molecule is CCc1nn(C)cc1C(NN)c1ccc(Cl)cc1. The topological polar surface area (TPSA) is 55.9 Å². The van der Waals surface area contributed by atoms with Crippen molar-refractivity contribution in [2.24, 2.45) is 12.9 Å². The van der Waals surface area contributed by atoms with Crippen LogP contribution < -0.4 is 11.3 Å². The molecule has 0 saturated heterocycles. The Morgan fingerprint density at radius 1 is 1.39 bits per heavy atom. The van der Waals surface area contributed by atoms with Gasteiger partial charge in [-0.2, -0.15) is 5.10 Å². The first-order valence-corrected chi connectivity index (χ1v) is 6.27. The Hall–Kier alpha value is -1.36. The van der Waals surface area contributed by atoms with Crippen molar-refractivity contribution in [3.8, 4) is 0 Å². The van der Waals surface area contributed by atoms with Crippen molar-refractivity contribution in [2.45, 2.75) is 19.4 Å². The Morgan fingerprint density at radius 2 is 2.06 bits per heavy atom. The van der Waals surface area contributed by atoms with Crippen LogP contribution >= 0.6 is 11.6 Å². The second-order valence-electron chi connectivity index (χ2n) is 4.21. The molecule has 0 fully saturated rings. The first kappa shape index (κ1) is 13.1. The Morgan fingerprint density at radius 3 is 2.61 bits per heavy atom. The minimum absolute atomic E-state index is 0.0640. The number of halogens is 1. The van der Waals surface area contributed by atoms with Gasteiger partial charge in [0, 0.05) is 23.8 Å². The molecule has 0 spiro atoms. The van der Waals surface area contributed by atoms with E-state index in [0.29, 0.717) is 0 Å². The molecule has 0 saturated carbocycles. The number of hydrazine groups is 1. The molecule has 5 heteroatoms. The summed E-state index contributed by atoms with van der Waals surface area (Å²) in [6.07, 6.45) is 2.87. The van der Waals surface area contributed by atoms with Crippen molar-refractivity contribution in [2.75, 3.05) is 0 Å². The molecule has 3 N–H and O–H groups in total. The van der Waals surface area contributed by atoms with Gasteiger partial charge in [-0.25, -0.2) is 5.43 Å². The van der Waals surface area contributed by atoms with Gasteiger partial charge in [0.05, 0.1) is 11.7 Å². The van der Waals surface area contributed by atoms with Crippen LogP contribution in [0.3, 0.4) is 0 Å². The van der Waals surface area contributed by atoms with E-state index in [2.05, 4.69) is 17.4 Å². The van der Waals surface area contributed by atoms with E-state index in [0.717, 1.165) is 28.3 Å². The monoisotopic (exact) mass is 264 g/mol. The highest BCUT2D eigenvalue weighted by molar-refractivity contribution is 6.30. The van der Waals surface area contributed by atoms with Gasteiger partial charge in [0.1, 0.15) is 0 Å². The fourth-order valence-electron chi connectivity index (χ4n) is 2.09. The predicted octanol–water partition coefficient (Wildman–Crippen LogP) is 2.19. The highest BCUT2D eigenvalue weighted by atomic mass is 35.5. The van der Waals surface area contributed by atoms with Gasteiger partial charge in [0.25, 0.3) is 0 Å². The number of hydrogen-bond acceptors (Lipinski definition) is 3. The van der Waals surface area contributed by atoms with Crippen LogP contribution in [-0.2, 0) is 13.5 Å². The number of rotatable bonds is 4. The summed E-state index contributed by atoms with van der Waals surface area (Å²) < 4.78 is 1.81. The Kier molecular flexibility index (Phi) is 4.01. The molecule has 1 heterocycles. The maximum atomic E-state index is 5.90. The smallest absolute Gasteiger partial charge is 0.0743 e. The number of aromatic nitrogens is 2. The third kappa shape index (κ3) is 2.56. The van der Waals surface area contributed by atoms with Crippen LogP contribution in [0.4, 0.5) is 0 Å². The summed E-state index contributed by atoms with van der Waals surface area (Å²) in [5.74, 6) is 5.69. The van der Waals surface area contributed by atoms with Gasteiger partial charge in [0.2, 0.25) is 0 Å². The maximum absolute atomic E-state index is 5.90. The largest absolute Gasteiger partial charge is 0.275 e. The van der Waals surface area contributed by atoms with E-state index in [9.17, 15) is 0 Å². The second kappa shape index (κ2) is 5.52. The third-order valence-electron chi connectivity index (χ3n) is 2.95. The first-order chi connectivity index (χ1) is 8.65. The van der Waals surface area contributed by atoms with Gasteiger partial charge in [-0.15, -0.1) is 0 Å². The molecular formula is C13H17ClN4. The van der Waals surface area contributed by atoms with Crippen LogP contribution in [0.5, 0.6) is 0 Å². The summed E-state index contributed by atoms with van der Waals surface area (Å²) in [6.45, 7) is 2.08. The lowest BCUT2D eigenvalue weighted by Gasteiger charge is -2.16. The van der Waals surface area contributed by atoms with Gasteiger partial charge in [-0.1, -0.05) is 30.7 Å². The molecule has 2 rings (SSSR count). The van der Waals surface area contributed by atoms with E-state index in [1.807, 2.05) is 42.2 Å². The summed E-state index contributed by atoms with van der Waals surface area (Å²) in [5.41, 5.74) is 6.07. The number of nitrogens with zero attached hydrogens (tertiary/aromatic N) is 2. The predicted molar refractivity (Wildman–Crippen MR) is 73.2 cm³/mol. The third-order valence-corrected chi connectivity index (χ3v) is 3.21. The quantitative estimate of drug-likeness (QED) is 0.657. The molecule has 1 aromatic heterocycles. The highest BCUT2D eigenvalue weighted by Gasteiger charge is 2.18. The van der Waals surface area contributed by atoms with Crippen molar-refractivity contribution in [1.29, 1.82) is 0 Å². The zero-order valence-corrected chi connectivity index (χ0v) is 11.3. The van der Waals surface area contributed by atoms with Crippen molar-refractivity contribution in [3.63, 3.8) is 0 Å². The number of nitrogens with one attached hydrogen (secondary N) is 1. The van der Waals surface area contributed by atoms with E-state index in [4.69, 9.17) is 17.4 Å². The fraction of sp³-hybridized carbons (Fsp3) is 0.308. The van der Waals surface area contributed by atoms with E-state index in [1.165, 1.54) is 0 Å². The molecule has 1 atom stereocenters. The number of nitrogens with two attached hydrogens (primary N) is 1.